The van der Waals surface area contributed by atoms with Gasteiger partial charge in [-0.3, -0.25) is 0 Å². The highest BCUT2D eigenvalue weighted by Crippen LogP contribution is 2.32. The van der Waals surface area contributed by atoms with Crippen molar-refractivity contribution in [1.29, 1.82) is 0 Å². The zero-order valence-corrected chi connectivity index (χ0v) is 13.3. The first-order chi connectivity index (χ1) is 9.35. The summed E-state index contributed by atoms with van der Waals surface area (Å²) in [6.07, 6.45) is 3.03. The lowest BCUT2D eigenvalue weighted by atomic mass is 9.83. The van der Waals surface area contributed by atoms with Gasteiger partial charge in [0.25, 0.3) is 0 Å². The minimum atomic E-state index is -0.449. The summed E-state index contributed by atoms with van der Waals surface area (Å²) in [6, 6.07) is 6.30. The molecule has 1 amide bonds. The van der Waals surface area contributed by atoms with Crippen molar-refractivity contribution in [2.24, 2.45) is 0 Å². The average Bonchev–Trinajstić information content (AvgIpc) is 2.33. The van der Waals surface area contributed by atoms with E-state index in [1.165, 1.54) is 11.1 Å². The fraction of sp³-hybridized carbons (Fsp3) is 0.562. The molecule has 0 bridgehead atoms. The highest BCUT2D eigenvalue weighted by Gasteiger charge is 2.22. The fourth-order valence-corrected chi connectivity index (χ4v) is 2.86. The molecule has 1 aromatic rings. The van der Waals surface area contributed by atoms with E-state index in [2.05, 4.69) is 30.1 Å². The summed E-state index contributed by atoms with van der Waals surface area (Å²) < 4.78 is 5.27. The smallest absolute Gasteiger partial charge is 0.407 e. The molecule has 0 fully saturated rings. The van der Waals surface area contributed by atoms with Crippen LogP contribution >= 0.6 is 12.6 Å². The monoisotopic (exact) mass is 293 g/mol. The molecular formula is C16H23NO2S. The van der Waals surface area contributed by atoms with Gasteiger partial charge in [-0.15, -0.1) is 12.6 Å². The Kier molecular flexibility index (Phi) is 4.63. The molecule has 1 N–H and O–H groups in total. The molecule has 0 saturated carbocycles. The number of hydrogen-bond acceptors (Lipinski definition) is 3. The topological polar surface area (TPSA) is 38.3 Å². The summed E-state index contributed by atoms with van der Waals surface area (Å²) in [7, 11) is 0. The number of carbonyl (C=O) groups is 1. The SMILES string of the molecule is CC(C)(C)OC(=O)NC[C@@H]1CCCc2cc(S)ccc21. The Morgan fingerprint density at radius 2 is 2.20 bits per heavy atom. The van der Waals surface area contributed by atoms with Crippen LogP contribution in [0.2, 0.25) is 0 Å². The van der Waals surface area contributed by atoms with Crippen LogP contribution in [0.15, 0.2) is 23.1 Å². The molecule has 0 aliphatic heterocycles. The van der Waals surface area contributed by atoms with E-state index >= 15 is 0 Å². The Labute approximate surface area is 126 Å². The predicted octanol–water partition coefficient (Wildman–Crippen LogP) is 3.92. The molecule has 1 atom stereocenters. The number of amides is 1. The summed E-state index contributed by atoms with van der Waals surface area (Å²) in [5, 5.41) is 2.88. The molecule has 1 aliphatic rings. The first-order valence-electron chi connectivity index (χ1n) is 7.14. The molecular weight excluding hydrogens is 270 g/mol. The second kappa shape index (κ2) is 6.08. The van der Waals surface area contributed by atoms with E-state index in [-0.39, 0.29) is 6.09 Å². The minimum Gasteiger partial charge on any atom is -0.444 e. The molecule has 0 aromatic heterocycles. The lowest BCUT2D eigenvalue weighted by Crippen LogP contribution is -2.35. The summed E-state index contributed by atoms with van der Waals surface area (Å²) in [5.74, 6) is 0.375. The molecule has 1 aromatic carbocycles. The van der Waals surface area contributed by atoms with Crippen molar-refractivity contribution in [3.63, 3.8) is 0 Å². The molecule has 0 spiro atoms. The van der Waals surface area contributed by atoms with Crippen molar-refractivity contribution in [3.05, 3.63) is 29.3 Å². The van der Waals surface area contributed by atoms with E-state index in [1.54, 1.807) is 0 Å². The number of carbonyl (C=O) groups excluding carboxylic acids is 1. The van der Waals surface area contributed by atoms with Crippen molar-refractivity contribution in [2.75, 3.05) is 6.54 Å². The van der Waals surface area contributed by atoms with Crippen LogP contribution < -0.4 is 5.32 Å². The molecule has 0 saturated heterocycles. The van der Waals surface area contributed by atoms with E-state index in [9.17, 15) is 4.79 Å². The van der Waals surface area contributed by atoms with Crippen LogP contribution in [-0.2, 0) is 11.2 Å². The van der Waals surface area contributed by atoms with Gasteiger partial charge < -0.3 is 10.1 Å². The van der Waals surface area contributed by atoms with Crippen molar-refractivity contribution in [3.8, 4) is 0 Å². The summed E-state index contributed by atoms with van der Waals surface area (Å²) >= 11 is 4.39. The van der Waals surface area contributed by atoms with Gasteiger partial charge >= 0.3 is 6.09 Å². The molecule has 1 aliphatic carbocycles. The van der Waals surface area contributed by atoms with E-state index in [1.807, 2.05) is 26.8 Å². The molecule has 0 radical (unpaired) electrons. The second-order valence-corrected chi connectivity index (χ2v) is 6.87. The molecule has 2 rings (SSSR count). The predicted molar refractivity (Wildman–Crippen MR) is 83.6 cm³/mol. The number of hydrogen-bond donors (Lipinski definition) is 2. The van der Waals surface area contributed by atoms with Gasteiger partial charge in [-0.1, -0.05) is 6.07 Å². The van der Waals surface area contributed by atoms with Crippen LogP contribution in [0, 0.1) is 0 Å². The van der Waals surface area contributed by atoms with E-state index in [4.69, 9.17) is 4.74 Å². The largest absolute Gasteiger partial charge is 0.444 e. The second-order valence-electron chi connectivity index (χ2n) is 6.36. The number of ether oxygens (including phenoxy) is 1. The van der Waals surface area contributed by atoms with Crippen molar-refractivity contribution >= 4 is 18.7 Å². The molecule has 3 nitrogen and oxygen atoms in total. The first-order valence-corrected chi connectivity index (χ1v) is 7.58. The number of rotatable bonds is 2. The maximum Gasteiger partial charge on any atom is 0.407 e. The lowest BCUT2D eigenvalue weighted by molar-refractivity contribution is 0.0523. The standard InChI is InChI=1S/C16H23NO2S/c1-16(2,3)19-15(18)17-10-12-6-4-5-11-9-13(20)7-8-14(11)12/h7-9,12,20H,4-6,10H2,1-3H3,(H,17,18)/t12-/m0/s1. The molecule has 4 heteroatoms. The Balaban J connectivity index is 1.97. The molecule has 110 valence electrons. The third-order valence-corrected chi connectivity index (χ3v) is 3.73. The molecule has 0 heterocycles. The van der Waals surface area contributed by atoms with E-state index in [0.717, 1.165) is 24.2 Å². The Hall–Kier alpha value is -1.16. The van der Waals surface area contributed by atoms with Crippen LogP contribution in [0.25, 0.3) is 0 Å². The molecule has 20 heavy (non-hydrogen) atoms. The Morgan fingerprint density at radius 3 is 2.90 bits per heavy atom. The van der Waals surface area contributed by atoms with Gasteiger partial charge in [0.15, 0.2) is 0 Å². The maximum absolute atomic E-state index is 11.7. The zero-order chi connectivity index (χ0) is 14.8. The highest BCUT2D eigenvalue weighted by atomic mass is 32.1. The third kappa shape index (κ3) is 4.17. The van der Waals surface area contributed by atoms with Crippen molar-refractivity contribution < 1.29 is 9.53 Å². The lowest BCUT2D eigenvalue weighted by Gasteiger charge is -2.27. The quantitative estimate of drug-likeness (QED) is 0.811. The van der Waals surface area contributed by atoms with Gasteiger partial charge in [0, 0.05) is 17.4 Å². The van der Waals surface area contributed by atoms with E-state index < -0.39 is 5.60 Å². The number of fused-ring (bicyclic) bond motifs is 1. The highest BCUT2D eigenvalue weighted by molar-refractivity contribution is 7.80. The summed E-state index contributed by atoms with van der Waals surface area (Å²) in [5.41, 5.74) is 2.25. The normalized spacial score (nSPS) is 18.3. The summed E-state index contributed by atoms with van der Waals surface area (Å²) in [4.78, 5) is 12.7. The number of benzene rings is 1. The van der Waals surface area contributed by atoms with E-state index in [0.29, 0.717) is 12.5 Å². The van der Waals surface area contributed by atoms with Gasteiger partial charge in [0.2, 0.25) is 0 Å². The number of nitrogens with one attached hydrogen (secondary N) is 1. The van der Waals surface area contributed by atoms with Crippen molar-refractivity contribution in [2.45, 2.75) is 56.4 Å². The average molecular weight is 293 g/mol. The zero-order valence-electron chi connectivity index (χ0n) is 12.4. The maximum atomic E-state index is 11.7. The van der Waals surface area contributed by atoms with Crippen LogP contribution in [0.4, 0.5) is 4.79 Å². The van der Waals surface area contributed by atoms with Gasteiger partial charge in [-0.25, -0.2) is 4.79 Å². The minimum absolute atomic E-state index is 0.338. The van der Waals surface area contributed by atoms with Gasteiger partial charge in [-0.2, -0.15) is 0 Å². The van der Waals surface area contributed by atoms with Crippen LogP contribution in [-0.4, -0.2) is 18.2 Å². The van der Waals surface area contributed by atoms with Crippen LogP contribution in [0.5, 0.6) is 0 Å². The van der Waals surface area contributed by atoms with Gasteiger partial charge in [0.05, 0.1) is 0 Å². The fourth-order valence-electron chi connectivity index (χ4n) is 2.63. The first kappa shape index (κ1) is 15.2. The Bertz CT molecular complexity index is 494. The van der Waals surface area contributed by atoms with Gasteiger partial charge in [0.1, 0.15) is 5.60 Å². The summed E-state index contributed by atoms with van der Waals surface area (Å²) in [6.45, 7) is 6.25. The third-order valence-electron chi connectivity index (χ3n) is 3.46. The number of aryl methyl sites for hydroxylation is 1. The van der Waals surface area contributed by atoms with Gasteiger partial charge in [-0.05, 0) is 63.3 Å². The molecule has 0 unspecified atom stereocenters. The van der Waals surface area contributed by atoms with Crippen LogP contribution in [0.3, 0.4) is 0 Å². The van der Waals surface area contributed by atoms with Crippen LogP contribution in [0.1, 0.15) is 50.7 Å². The van der Waals surface area contributed by atoms with Crippen molar-refractivity contribution in [1.82, 2.24) is 5.32 Å². The number of alkyl carbamates (subject to hydrolysis) is 1. The Morgan fingerprint density at radius 1 is 1.45 bits per heavy atom. The number of thiol groups is 1.